The lowest BCUT2D eigenvalue weighted by atomic mass is 9.86. The number of nitrogens with one attached hydrogen (secondary N) is 1. The molecule has 0 aromatic heterocycles. The van der Waals surface area contributed by atoms with Crippen LogP contribution in [-0.2, 0) is 14.3 Å². The maximum absolute atomic E-state index is 12.1. The van der Waals surface area contributed by atoms with E-state index in [9.17, 15) is 9.59 Å². The molecule has 1 amide bonds. The summed E-state index contributed by atoms with van der Waals surface area (Å²) in [6.45, 7) is 1.93. The van der Waals surface area contributed by atoms with Crippen LogP contribution in [0.4, 0.5) is 0 Å². The molecule has 24 heavy (non-hydrogen) atoms. The van der Waals surface area contributed by atoms with Gasteiger partial charge in [-0.2, -0.15) is 0 Å². The number of ether oxygens (including phenoxy) is 3. The monoisotopic (exact) mass is 333 g/mol. The summed E-state index contributed by atoms with van der Waals surface area (Å²) in [4.78, 5) is 24.0. The number of rotatable bonds is 4. The average Bonchev–Trinajstić information content (AvgIpc) is 2.61. The predicted molar refractivity (Wildman–Crippen MR) is 86.9 cm³/mol. The number of carbonyl (C=O) groups excluding carboxylic acids is 2. The topological polar surface area (TPSA) is 73.9 Å². The highest BCUT2D eigenvalue weighted by atomic mass is 16.6. The molecule has 0 radical (unpaired) electrons. The van der Waals surface area contributed by atoms with Gasteiger partial charge in [-0.25, -0.2) is 4.79 Å². The molecule has 2 aliphatic rings. The molecule has 0 bridgehead atoms. The number of esters is 1. The van der Waals surface area contributed by atoms with E-state index >= 15 is 0 Å². The Bertz CT molecular complexity index is 603. The summed E-state index contributed by atoms with van der Waals surface area (Å²) >= 11 is 0. The molecule has 0 unspecified atom stereocenters. The molecule has 1 heterocycles. The number of carbonyl (C=O) groups is 2. The molecule has 0 saturated heterocycles. The SMILES string of the molecule is C[C@H]1CCCC[C@@H]1NC(=O)COC(=O)[C@@H]1COc2ccccc2O1. The zero-order chi connectivity index (χ0) is 16.9. The van der Waals surface area contributed by atoms with E-state index in [0.717, 1.165) is 19.3 Å². The third-order valence-corrected chi connectivity index (χ3v) is 4.57. The van der Waals surface area contributed by atoms with E-state index in [1.807, 2.05) is 6.07 Å². The van der Waals surface area contributed by atoms with Crippen LogP contribution < -0.4 is 14.8 Å². The lowest BCUT2D eigenvalue weighted by Crippen LogP contribution is -2.44. The summed E-state index contributed by atoms with van der Waals surface area (Å²) in [5.41, 5.74) is 0. The maximum atomic E-state index is 12.1. The first-order valence-electron chi connectivity index (χ1n) is 8.48. The summed E-state index contributed by atoms with van der Waals surface area (Å²) in [5, 5.41) is 2.95. The first-order valence-corrected chi connectivity index (χ1v) is 8.48. The molecule has 1 aliphatic heterocycles. The van der Waals surface area contributed by atoms with Crippen LogP contribution in [0.2, 0.25) is 0 Å². The number of para-hydroxylation sites is 2. The van der Waals surface area contributed by atoms with E-state index in [1.54, 1.807) is 18.2 Å². The molecule has 1 N–H and O–H groups in total. The van der Waals surface area contributed by atoms with Gasteiger partial charge in [0.1, 0.15) is 6.61 Å². The Morgan fingerprint density at radius 2 is 1.96 bits per heavy atom. The van der Waals surface area contributed by atoms with Gasteiger partial charge in [-0.05, 0) is 30.9 Å². The van der Waals surface area contributed by atoms with Crippen molar-refractivity contribution >= 4 is 11.9 Å². The van der Waals surface area contributed by atoms with Gasteiger partial charge < -0.3 is 19.5 Å². The Hall–Kier alpha value is -2.24. The normalized spacial score (nSPS) is 25.6. The number of benzene rings is 1. The van der Waals surface area contributed by atoms with Crippen LogP contribution in [0.5, 0.6) is 11.5 Å². The van der Waals surface area contributed by atoms with Crippen molar-refractivity contribution in [2.24, 2.45) is 5.92 Å². The molecule has 1 fully saturated rings. The van der Waals surface area contributed by atoms with Gasteiger partial charge in [-0.15, -0.1) is 0 Å². The van der Waals surface area contributed by atoms with E-state index in [4.69, 9.17) is 14.2 Å². The second-order valence-corrected chi connectivity index (χ2v) is 6.41. The lowest BCUT2D eigenvalue weighted by molar-refractivity contribution is -0.158. The standard InChI is InChI=1S/C18H23NO5/c1-12-6-2-3-7-13(12)19-17(20)11-23-18(21)16-10-22-14-8-4-5-9-15(14)24-16/h4-5,8-9,12-13,16H,2-3,6-7,10-11H2,1H3,(H,19,20)/t12-,13-,16-/m0/s1. The molecule has 6 heteroatoms. The number of amides is 1. The highest BCUT2D eigenvalue weighted by Gasteiger charge is 2.29. The summed E-state index contributed by atoms with van der Waals surface area (Å²) < 4.78 is 16.1. The second kappa shape index (κ2) is 7.55. The molecule has 1 aromatic rings. The highest BCUT2D eigenvalue weighted by Crippen LogP contribution is 2.31. The van der Waals surface area contributed by atoms with E-state index in [1.165, 1.54) is 6.42 Å². The van der Waals surface area contributed by atoms with Crippen LogP contribution in [0.1, 0.15) is 32.6 Å². The van der Waals surface area contributed by atoms with Crippen LogP contribution >= 0.6 is 0 Å². The minimum absolute atomic E-state index is 0.0805. The van der Waals surface area contributed by atoms with Gasteiger partial charge in [0.2, 0.25) is 6.10 Å². The van der Waals surface area contributed by atoms with Crippen LogP contribution in [0, 0.1) is 5.92 Å². The molecule has 1 aromatic carbocycles. The van der Waals surface area contributed by atoms with Gasteiger partial charge in [0.05, 0.1) is 0 Å². The Morgan fingerprint density at radius 3 is 2.75 bits per heavy atom. The Balaban J connectivity index is 1.45. The number of hydrogen-bond donors (Lipinski definition) is 1. The molecule has 6 nitrogen and oxygen atoms in total. The summed E-state index contributed by atoms with van der Waals surface area (Å²) in [6, 6.07) is 7.30. The van der Waals surface area contributed by atoms with Gasteiger partial charge in [0.15, 0.2) is 18.1 Å². The van der Waals surface area contributed by atoms with Gasteiger partial charge >= 0.3 is 5.97 Å². The zero-order valence-electron chi connectivity index (χ0n) is 13.8. The van der Waals surface area contributed by atoms with Gasteiger partial charge in [-0.3, -0.25) is 4.79 Å². The van der Waals surface area contributed by atoms with Crippen molar-refractivity contribution in [3.63, 3.8) is 0 Å². The number of fused-ring (bicyclic) bond motifs is 1. The van der Waals surface area contributed by atoms with Crippen molar-refractivity contribution in [2.75, 3.05) is 13.2 Å². The smallest absolute Gasteiger partial charge is 0.351 e. The van der Waals surface area contributed by atoms with E-state index in [2.05, 4.69) is 12.2 Å². The van der Waals surface area contributed by atoms with Crippen LogP contribution in [0.3, 0.4) is 0 Å². The minimum atomic E-state index is -0.846. The first kappa shape index (κ1) is 16.6. The highest BCUT2D eigenvalue weighted by molar-refractivity contribution is 5.82. The summed E-state index contributed by atoms with van der Waals surface area (Å²) in [5.74, 6) is 0.720. The fourth-order valence-corrected chi connectivity index (χ4v) is 3.14. The largest absolute Gasteiger partial charge is 0.485 e. The van der Waals surface area contributed by atoms with Crippen LogP contribution in [0.15, 0.2) is 24.3 Å². The third-order valence-electron chi connectivity index (χ3n) is 4.57. The van der Waals surface area contributed by atoms with Crippen LogP contribution in [-0.4, -0.2) is 37.2 Å². The first-order chi connectivity index (χ1) is 11.6. The third kappa shape index (κ3) is 3.99. The van der Waals surface area contributed by atoms with Gasteiger partial charge in [0, 0.05) is 6.04 Å². The molecular formula is C18H23NO5. The van der Waals surface area contributed by atoms with Crippen LogP contribution in [0.25, 0.3) is 0 Å². The van der Waals surface area contributed by atoms with Crippen molar-refractivity contribution in [2.45, 2.75) is 44.8 Å². The minimum Gasteiger partial charge on any atom is -0.485 e. The fraction of sp³-hybridized carbons (Fsp3) is 0.556. The predicted octanol–water partition coefficient (Wildman–Crippen LogP) is 2.06. The summed E-state index contributed by atoms with van der Waals surface area (Å²) in [6.07, 6.45) is 3.60. The maximum Gasteiger partial charge on any atom is 0.351 e. The quantitative estimate of drug-likeness (QED) is 0.854. The molecule has 130 valence electrons. The summed E-state index contributed by atoms with van der Waals surface area (Å²) in [7, 11) is 0. The molecular weight excluding hydrogens is 310 g/mol. The van der Waals surface area contributed by atoms with Crippen molar-refractivity contribution < 1.29 is 23.8 Å². The number of hydrogen-bond acceptors (Lipinski definition) is 5. The van der Waals surface area contributed by atoms with Crippen molar-refractivity contribution in [3.8, 4) is 11.5 Å². The fourth-order valence-electron chi connectivity index (χ4n) is 3.14. The van der Waals surface area contributed by atoms with Crippen molar-refractivity contribution in [3.05, 3.63) is 24.3 Å². The van der Waals surface area contributed by atoms with Crippen molar-refractivity contribution in [1.82, 2.24) is 5.32 Å². The Kier molecular flexibility index (Phi) is 5.23. The van der Waals surface area contributed by atoms with E-state index < -0.39 is 12.1 Å². The molecule has 3 rings (SSSR count). The van der Waals surface area contributed by atoms with Crippen molar-refractivity contribution in [1.29, 1.82) is 0 Å². The van der Waals surface area contributed by atoms with E-state index in [0.29, 0.717) is 17.4 Å². The van der Waals surface area contributed by atoms with Gasteiger partial charge in [0.25, 0.3) is 5.91 Å². The zero-order valence-corrected chi connectivity index (χ0v) is 13.8. The Labute approximate surface area is 141 Å². The lowest BCUT2D eigenvalue weighted by Gasteiger charge is -2.29. The molecule has 3 atom stereocenters. The molecule has 1 aliphatic carbocycles. The molecule has 1 saturated carbocycles. The van der Waals surface area contributed by atoms with Gasteiger partial charge in [-0.1, -0.05) is 31.9 Å². The Morgan fingerprint density at radius 1 is 1.21 bits per heavy atom. The average molecular weight is 333 g/mol. The van der Waals surface area contributed by atoms with E-state index in [-0.39, 0.29) is 25.2 Å². The second-order valence-electron chi connectivity index (χ2n) is 6.41. The molecule has 0 spiro atoms.